The summed E-state index contributed by atoms with van der Waals surface area (Å²) in [7, 11) is 0. The van der Waals surface area contributed by atoms with Gasteiger partial charge in [-0.3, -0.25) is 0 Å². The van der Waals surface area contributed by atoms with E-state index in [9.17, 15) is 0 Å². The third-order valence-corrected chi connectivity index (χ3v) is 4.47. The summed E-state index contributed by atoms with van der Waals surface area (Å²) in [6.45, 7) is 7.13. The lowest BCUT2D eigenvalue weighted by Crippen LogP contribution is -2.41. The lowest BCUT2D eigenvalue weighted by atomic mass is 9.97. The third-order valence-electron chi connectivity index (χ3n) is 4.47. The molecular formula is C19H23N5. The molecule has 3 rings (SSSR count). The van der Waals surface area contributed by atoms with Crippen LogP contribution in [0.4, 0.5) is 0 Å². The van der Waals surface area contributed by atoms with E-state index < -0.39 is 0 Å². The van der Waals surface area contributed by atoms with Crippen molar-refractivity contribution < 1.29 is 0 Å². The molecule has 0 fully saturated rings. The van der Waals surface area contributed by atoms with Gasteiger partial charge in [0, 0.05) is 6.54 Å². The average Bonchev–Trinajstić information content (AvgIpc) is 3.12. The minimum atomic E-state index is -0.315. The number of aryl methyl sites for hydroxylation is 1. The van der Waals surface area contributed by atoms with Crippen LogP contribution in [0.2, 0.25) is 0 Å². The number of nitrogens with one attached hydrogen (secondary N) is 1. The van der Waals surface area contributed by atoms with Gasteiger partial charge < -0.3 is 5.32 Å². The van der Waals surface area contributed by atoms with Gasteiger partial charge in [-0.2, -0.15) is 4.68 Å². The van der Waals surface area contributed by atoms with Gasteiger partial charge in [-0.1, -0.05) is 55.0 Å². The van der Waals surface area contributed by atoms with Crippen LogP contribution in [0.1, 0.15) is 37.2 Å². The van der Waals surface area contributed by atoms with Crippen LogP contribution in [0.15, 0.2) is 54.6 Å². The number of hydrogen-bond acceptors (Lipinski definition) is 4. The fraction of sp³-hybridized carbons (Fsp3) is 0.316. The molecule has 3 aromatic rings. The summed E-state index contributed by atoms with van der Waals surface area (Å²) in [5.41, 5.74) is 3.12. The van der Waals surface area contributed by atoms with Crippen LogP contribution in [-0.2, 0) is 12.1 Å². The normalized spacial score (nSPS) is 13.6. The SMILES string of the molecule is CCC(C)(NCc1ccccc1)c1nnnn1-c1ccc(C)cc1. The highest BCUT2D eigenvalue weighted by Crippen LogP contribution is 2.24. The zero-order valence-corrected chi connectivity index (χ0v) is 14.4. The summed E-state index contributed by atoms with van der Waals surface area (Å²) in [5.74, 6) is 0.824. The smallest absolute Gasteiger partial charge is 0.176 e. The Bertz CT molecular complexity index is 779. The van der Waals surface area contributed by atoms with Crippen LogP contribution in [-0.4, -0.2) is 20.2 Å². The topological polar surface area (TPSA) is 55.6 Å². The maximum absolute atomic E-state index is 4.31. The Morgan fingerprint density at radius 3 is 2.42 bits per heavy atom. The van der Waals surface area contributed by atoms with E-state index in [0.29, 0.717) is 0 Å². The number of benzene rings is 2. The van der Waals surface area contributed by atoms with Crippen LogP contribution in [0, 0.1) is 6.92 Å². The summed E-state index contributed by atoms with van der Waals surface area (Å²) in [6.07, 6.45) is 0.881. The largest absolute Gasteiger partial charge is 0.301 e. The van der Waals surface area contributed by atoms with Gasteiger partial charge >= 0.3 is 0 Å². The molecule has 0 saturated carbocycles. The summed E-state index contributed by atoms with van der Waals surface area (Å²) in [5, 5.41) is 16.0. The van der Waals surface area contributed by atoms with Gasteiger partial charge in [0.2, 0.25) is 0 Å². The van der Waals surface area contributed by atoms with Gasteiger partial charge in [-0.15, -0.1) is 5.10 Å². The Balaban J connectivity index is 1.88. The number of nitrogens with zero attached hydrogens (tertiary/aromatic N) is 4. The van der Waals surface area contributed by atoms with Crippen molar-refractivity contribution in [2.75, 3.05) is 0 Å². The number of rotatable bonds is 6. The summed E-state index contributed by atoms with van der Waals surface area (Å²) >= 11 is 0. The highest BCUT2D eigenvalue weighted by molar-refractivity contribution is 5.34. The van der Waals surface area contributed by atoms with Crippen LogP contribution in [0.25, 0.3) is 5.69 Å². The molecule has 2 aromatic carbocycles. The molecule has 0 amide bonds. The highest BCUT2D eigenvalue weighted by atomic mass is 15.6. The van der Waals surface area contributed by atoms with Crippen LogP contribution >= 0.6 is 0 Å². The summed E-state index contributed by atoms with van der Waals surface area (Å²) < 4.78 is 1.82. The van der Waals surface area contributed by atoms with E-state index >= 15 is 0 Å². The van der Waals surface area contributed by atoms with Crippen LogP contribution in [0.3, 0.4) is 0 Å². The first-order chi connectivity index (χ1) is 11.6. The Morgan fingerprint density at radius 1 is 1.04 bits per heavy atom. The van der Waals surface area contributed by atoms with Gasteiger partial charge in [-0.25, -0.2) is 0 Å². The minimum Gasteiger partial charge on any atom is -0.301 e. The average molecular weight is 321 g/mol. The molecule has 0 aliphatic rings. The summed E-state index contributed by atoms with van der Waals surface area (Å²) in [6, 6.07) is 18.6. The van der Waals surface area contributed by atoms with Gasteiger partial charge in [0.25, 0.3) is 0 Å². The predicted molar refractivity (Wildman–Crippen MR) is 94.8 cm³/mol. The zero-order chi connectivity index (χ0) is 17.0. The zero-order valence-electron chi connectivity index (χ0n) is 14.4. The Morgan fingerprint density at radius 2 is 1.75 bits per heavy atom. The van der Waals surface area contributed by atoms with Crippen molar-refractivity contribution in [3.05, 3.63) is 71.5 Å². The Labute approximate surface area is 142 Å². The molecule has 5 heteroatoms. The van der Waals surface area contributed by atoms with Crippen molar-refractivity contribution in [2.45, 2.75) is 39.3 Å². The molecule has 1 heterocycles. The van der Waals surface area contributed by atoms with Crippen LogP contribution in [0.5, 0.6) is 0 Å². The molecule has 1 N–H and O–H groups in total. The van der Waals surface area contributed by atoms with E-state index in [1.54, 1.807) is 0 Å². The monoisotopic (exact) mass is 321 g/mol. The quantitative estimate of drug-likeness (QED) is 0.756. The van der Waals surface area contributed by atoms with E-state index in [1.165, 1.54) is 11.1 Å². The first-order valence-corrected chi connectivity index (χ1v) is 8.27. The molecular weight excluding hydrogens is 298 g/mol. The molecule has 124 valence electrons. The third kappa shape index (κ3) is 3.36. The van der Waals surface area contributed by atoms with Crippen molar-refractivity contribution in [1.29, 1.82) is 0 Å². The maximum atomic E-state index is 4.31. The molecule has 1 aromatic heterocycles. The molecule has 0 aliphatic carbocycles. The van der Waals surface area contributed by atoms with Crippen molar-refractivity contribution in [2.24, 2.45) is 0 Å². The van der Waals surface area contributed by atoms with E-state index in [2.05, 4.69) is 78.0 Å². The molecule has 0 aliphatic heterocycles. The molecule has 0 bridgehead atoms. The van der Waals surface area contributed by atoms with E-state index in [4.69, 9.17) is 0 Å². The fourth-order valence-corrected chi connectivity index (χ4v) is 2.65. The highest BCUT2D eigenvalue weighted by Gasteiger charge is 2.31. The Kier molecular flexibility index (Phi) is 4.71. The number of aromatic nitrogens is 4. The van der Waals surface area contributed by atoms with Gasteiger partial charge in [0.05, 0.1) is 11.2 Å². The molecule has 5 nitrogen and oxygen atoms in total. The van der Waals surface area contributed by atoms with E-state index in [0.717, 1.165) is 24.5 Å². The lowest BCUT2D eigenvalue weighted by molar-refractivity contribution is 0.324. The molecule has 0 spiro atoms. The number of hydrogen-bond donors (Lipinski definition) is 1. The first-order valence-electron chi connectivity index (χ1n) is 8.27. The lowest BCUT2D eigenvalue weighted by Gasteiger charge is -2.28. The van der Waals surface area contributed by atoms with E-state index in [-0.39, 0.29) is 5.54 Å². The molecule has 0 saturated heterocycles. The van der Waals surface area contributed by atoms with Gasteiger partial charge in [0.15, 0.2) is 5.82 Å². The minimum absolute atomic E-state index is 0.315. The molecule has 1 atom stereocenters. The second-order valence-corrected chi connectivity index (χ2v) is 6.27. The fourth-order valence-electron chi connectivity index (χ4n) is 2.65. The van der Waals surface area contributed by atoms with Crippen LogP contribution < -0.4 is 5.32 Å². The molecule has 0 radical (unpaired) electrons. The molecule has 24 heavy (non-hydrogen) atoms. The summed E-state index contributed by atoms with van der Waals surface area (Å²) in [4.78, 5) is 0. The first kappa shape index (κ1) is 16.3. The predicted octanol–water partition coefficient (Wildman–Crippen LogP) is 3.39. The second kappa shape index (κ2) is 6.93. The number of tetrazole rings is 1. The van der Waals surface area contributed by atoms with Crippen molar-refractivity contribution in [1.82, 2.24) is 25.5 Å². The maximum Gasteiger partial charge on any atom is 0.176 e. The molecule has 1 unspecified atom stereocenters. The van der Waals surface area contributed by atoms with E-state index in [1.807, 2.05) is 22.9 Å². The van der Waals surface area contributed by atoms with Gasteiger partial charge in [0.1, 0.15) is 0 Å². The van der Waals surface area contributed by atoms with Crippen molar-refractivity contribution >= 4 is 0 Å². The van der Waals surface area contributed by atoms with Gasteiger partial charge in [-0.05, 0) is 48.4 Å². The Hall–Kier alpha value is -2.53. The second-order valence-electron chi connectivity index (χ2n) is 6.27. The van der Waals surface area contributed by atoms with Crippen molar-refractivity contribution in [3.63, 3.8) is 0 Å². The van der Waals surface area contributed by atoms with Crippen molar-refractivity contribution in [3.8, 4) is 5.69 Å². The standard InChI is InChI=1S/C19H23N5/c1-4-19(3,20-14-16-8-6-5-7-9-16)18-21-22-23-24(18)17-12-10-15(2)11-13-17/h5-13,20H,4,14H2,1-3H3.